The van der Waals surface area contributed by atoms with Crippen LogP contribution < -0.4 is 5.32 Å². The van der Waals surface area contributed by atoms with Gasteiger partial charge in [-0.3, -0.25) is 4.79 Å². The molecule has 0 fully saturated rings. The number of aromatic nitrogens is 1. The van der Waals surface area contributed by atoms with Gasteiger partial charge in [0.05, 0.1) is 16.3 Å². The molecule has 0 saturated carbocycles. The maximum atomic E-state index is 12.6. The van der Waals surface area contributed by atoms with Crippen LogP contribution in [0.1, 0.15) is 53.1 Å². The van der Waals surface area contributed by atoms with E-state index < -0.39 is 17.9 Å². The molecular formula is C20H26N2O4S. The Hall–Kier alpha value is -2.25. The lowest BCUT2D eigenvalue weighted by atomic mass is 10.1. The summed E-state index contributed by atoms with van der Waals surface area (Å²) in [6.07, 6.45) is 0.842. The first-order valence-electron chi connectivity index (χ1n) is 8.83. The summed E-state index contributed by atoms with van der Waals surface area (Å²) in [5.41, 5.74) is 1.37. The van der Waals surface area contributed by atoms with E-state index in [1.165, 1.54) is 11.3 Å². The molecule has 0 bridgehead atoms. The predicted octanol–water partition coefficient (Wildman–Crippen LogP) is 3.43. The van der Waals surface area contributed by atoms with E-state index in [9.17, 15) is 14.7 Å². The number of hydrogen-bond donors (Lipinski definition) is 2. The summed E-state index contributed by atoms with van der Waals surface area (Å²) < 4.78 is 5.57. The summed E-state index contributed by atoms with van der Waals surface area (Å²) in [6, 6.07) is 8.88. The number of amides is 1. The molecule has 1 amide bonds. The van der Waals surface area contributed by atoms with Crippen LogP contribution in [0, 0.1) is 6.92 Å². The Balaban J connectivity index is 2.01. The molecule has 6 nitrogen and oxygen atoms in total. The third-order valence-corrected chi connectivity index (χ3v) is 4.95. The van der Waals surface area contributed by atoms with E-state index in [-0.39, 0.29) is 18.6 Å². The van der Waals surface area contributed by atoms with Gasteiger partial charge in [-0.2, -0.15) is 0 Å². The van der Waals surface area contributed by atoms with Crippen molar-refractivity contribution in [3.63, 3.8) is 0 Å². The number of carbonyl (C=O) groups excluding carboxylic acids is 1. The second-order valence-electron chi connectivity index (χ2n) is 7.30. The van der Waals surface area contributed by atoms with Crippen molar-refractivity contribution in [2.75, 3.05) is 6.61 Å². The summed E-state index contributed by atoms with van der Waals surface area (Å²) in [5, 5.41) is 12.8. The van der Waals surface area contributed by atoms with Gasteiger partial charge in [0.25, 0.3) is 5.91 Å². The number of aliphatic carboxylic acids is 1. The van der Waals surface area contributed by atoms with Crippen LogP contribution in [-0.2, 0) is 16.0 Å². The molecule has 1 aromatic carbocycles. The zero-order valence-corrected chi connectivity index (χ0v) is 16.9. The first-order chi connectivity index (χ1) is 12.7. The minimum absolute atomic E-state index is 0.201. The van der Waals surface area contributed by atoms with Gasteiger partial charge in [-0.1, -0.05) is 30.3 Å². The summed E-state index contributed by atoms with van der Waals surface area (Å²) in [7, 11) is 0. The summed E-state index contributed by atoms with van der Waals surface area (Å²) in [5.74, 6) is -1.49. The number of thiazole rings is 1. The summed E-state index contributed by atoms with van der Waals surface area (Å²) >= 11 is 1.30. The molecule has 146 valence electrons. The number of benzene rings is 1. The van der Waals surface area contributed by atoms with Crippen molar-refractivity contribution >= 4 is 23.2 Å². The van der Waals surface area contributed by atoms with Crippen LogP contribution in [0.4, 0.5) is 0 Å². The van der Waals surface area contributed by atoms with Crippen molar-refractivity contribution < 1.29 is 19.4 Å². The van der Waals surface area contributed by atoms with Gasteiger partial charge in [-0.25, -0.2) is 9.78 Å². The third kappa shape index (κ3) is 6.77. The van der Waals surface area contributed by atoms with Gasteiger partial charge in [0.2, 0.25) is 0 Å². The number of carboxylic acid groups (broad SMARTS) is 1. The van der Waals surface area contributed by atoms with E-state index in [0.717, 1.165) is 10.6 Å². The number of carbonyl (C=O) groups is 2. The molecule has 2 aromatic rings. The lowest BCUT2D eigenvalue weighted by molar-refractivity contribution is -0.140. The average Bonchev–Trinajstić information content (AvgIpc) is 2.94. The number of nitrogens with one attached hydrogen (secondary N) is 1. The second-order valence-corrected chi connectivity index (χ2v) is 8.38. The number of rotatable bonds is 8. The maximum absolute atomic E-state index is 12.6. The standard InChI is InChI=1S/C20H26N2O4S/c1-13-17(27-16(21-13)12-14-8-6-5-7-9-14)18(23)22-15(19(24)25)10-11-26-20(2,3)4/h5-9,15H,10-12H2,1-4H3,(H,22,23)(H,24,25). The number of nitrogens with zero attached hydrogens (tertiary/aromatic N) is 1. The number of aryl methyl sites for hydroxylation is 1. The fraction of sp³-hybridized carbons (Fsp3) is 0.450. The zero-order chi connectivity index (χ0) is 20.0. The Morgan fingerprint density at radius 1 is 1.26 bits per heavy atom. The van der Waals surface area contributed by atoms with Gasteiger partial charge in [0.1, 0.15) is 10.9 Å². The van der Waals surface area contributed by atoms with Crippen molar-refractivity contribution in [1.29, 1.82) is 0 Å². The van der Waals surface area contributed by atoms with Crippen molar-refractivity contribution in [1.82, 2.24) is 10.3 Å². The highest BCUT2D eigenvalue weighted by molar-refractivity contribution is 7.13. The Kier molecular flexibility index (Phi) is 7.10. The maximum Gasteiger partial charge on any atom is 0.326 e. The minimum Gasteiger partial charge on any atom is -0.480 e. The van der Waals surface area contributed by atoms with Crippen molar-refractivity contribution in [2.45, 2.75) is 52.2 Å². The Morgan fingerprint density at radius 3 is 2.52 bits per heavy atom. The van der Waals surface area contributed by atoms with Gasteiger partial charge in [0.15, 0.2) is 0 Å². The van der Waals surface area contributed by atoms with Gasteiger partial charge >= 0.3 is 5.97 Å². The smallest absolute Gasteiger partial charge is 0.326 e. The molecule has 0 saturated heterocycles. The molecule has 2 N–H and O–H groups in total. The highest BCUT2D eigenvalue weighted by atomic mass is 32.1. The number of ether oxygens (including phenoxy) is 1. The average molecular weight is 391 g/mol. The number of hydrogen-bond acceptors (Lipinski definition) is 5. The van der Waals surface area contributed by atoms with E-state index in [4.69, 9.17) is 4.74 Å². The predicted molar refractivity (Wildman–Crippen MR) is 105 cm³/mol. The van der Waals surface area contributed by atoms with Crippen LogP contribution in [0.15, 0.2) is 30.3 Å². The highest BCUT2D eigenvalue weighted by Gasteiger charge is 2.24. The zero-order valence-electron chi connectivity index (χ0n) is 16.1. The molecule has 1 aromatic heterocycles. The number of carboxylic acids is 1. The van der Waals surface area contributed by atoms with E-state index >= 15 is 0 Å². The molecule has 1 unspecified atom stereocenters. The van der Waals surface area contributed by atoms with Gasteiger partial charge in [0, 0.05) is 19.4 Å². The normalized spacial score (nSPS) is 12.6. The van der Waals surface area contributed by atoms with Crippen molar-refractivity contribution in [3.8, 4) is 0 Å². The van der Waals surface area contributed by atoms with Gasteiger partial charge < -0.3 is 15.2 Å². The lowest BCUT2D eigenvalue weighted by Crippen LogP contribution is -2.42. The lowest BCUT2D eigenvalue weighted by Gasteiger charge is -2.21. The quantitative estimate of drug-likeness (QED) is 0.721. The van der Waals surface area contributed by atoms with Crippen LogP contribution in [0.25, 0.3) is 0 Å². The SMILES string of the molecule is Cc1nc(Cc2ccccc2)sc1C(=O)NC(CCOC(C)(C)C)C(=O)O. The second kappa shape index (κ2) is 9.10. The minimum atomic E-state index is -1.08. The summed E-state index contributed by atoms with van der Waals surface area (Å²) in [6.45, 7) is 7.71. The molecule has 0 aliphatic carbocycles. The monoisotopic (exact) mass is 390 g/mol. The first-order valence-corrected chi connectivity index (χ1v) is 9.65. The highest BCUT2D eigenvalue weighted by Crippen LogP contribution is 2.21. The Morgan fingerprint density at radius 2 is 1.93 bits per heavy atom. The Labute approximate surface area is 163 Å². The Bertz CT molecular complexity index is 781. The molecule has 27 heavy (non-hydrogen) atoms. The van der Waals surface area contributed by atoms with E-state index in [2.05, 4.69) is 10.3 Å². The van der Waals surface area contributed by atoms with Crippen molar-refractivity contribution in [2.24, 2.45) is 0 Å². The van der Waals surface area contributed by atoms with E-state index in [1.807, 2.05) is 51.1 Å². The molecular weight excluding hydrogens is 364 g/mol. The van der Waals surface area contributed by atoms with Crippen molar-refractivity contribution in [3.05, 3.63) is 51.5 Å². The molecule has 0 aliphatic rings. The first kappa shape index (κ1) is 21.1. The topological polar surface area (TPSA) is 88.5 Å². The summed E-state index contributed by atoms with van der Waals surface area (Å²) in [4.78, 5) is 28.9. The molecule has 2 rings (SSSR count). The van der Waals surface area contributed by atoms with Crippen LogP contribution in [0.3, 0.4) is 0 Å². The fourth-order valence-corrected chi connectivity index (χ4v) is 3.48. The molecule has 0 aliphatic heterocycles. The molecule has 1 heterocycles. The van der Waals surface area contributed by atoms with Crippen LogP contribution in [0.5, 0.6) is 0 Å². The molecule has 0 radical (unpaired) electrons. The third-order valence-electron chi connectivity index (χ3n) is 3.79. The van der Waals surface area contributed by atoms with Crippen LogP contribution in [-0.4, -0.2) is 40.2 Å². The largest absolute Gasteiger partial charge is 0.480 e. The van der Waals surface area contributed by atoms with Gasteiger partial charge in [-0.05, 0) is 33.3 Å². The molecule has 1 atom stereocenters. The molecule has 7 heteroatoms. The van der Waals surface area contributed by atoms with Gasteiger partial charge in [-0.15, -0.1) is 11.3 Å². The molecule has 0 spiro atoms. The fourth-order valence-electron chi connectivity index (χ4n) is 2.47. The van der Waals surface area contributed by atoms with Crippen LogP contribution >= 0.6 is 11.3 Å². The van der Waals surface area contributed by atoms with E-state index in [0.29, 0.717) is 17.0 Å². The van der Waals surface area contributed by atoms with Crippen LogP contribution in [0.2, 0.25) is 0 Å². The van der Waals surface area contributed by atoms with E-state index in [1.54, 1.807) is 6.92 Å².